The van der Waals surface area contributed by atoms with Gasteiger partial charge in [0.15, 0.2) is 0 Å². The topological polar surface area (TPSA) is 41.1 Å². The van der Waals surface area contributed by atoms with Gasteiger partial charge >= 0.3 is 0 Å². The van der Waals surface area contributed by atoms with Gasteiger partial charge in [0.2, 0.25) is 0 Å². The first-order valence-electron chi connectivity index (χ1n) is 8.63. The number of aromatic amines is 1. The molecule has 1 N–H and O–H groups in total. The Morgan fingerprint density at radius 2 is 2.21 bits per heavy atom. The molecule has 1 saturated heterocycles. The van der Waals surface area contributed by atoms with Crippen LogP contribution < -0.4 is 0 Å². The fourth-order valence-corrected chi connectivity index (χ4v) is 3.49. The second-order valence-corrected chi connectivity index (χ2v) is 6.60. The fraction of sp³-hybridized carbons (Fsp3) is 0.350. The van der Waals surface area contributed by atoms with Gasteiger partial charge in [-0.05, 0) is 41.6 Å². The molecule has 0 saturated carbocycles. The minimum Gasteiger partial charge on any atom is -0.380 e. The lowest BCUT2D eigenvalue weighted by Gasteiger charge is -2.23. The first-order valence-corrected chi connectivity index (χ1v) is 8.63. The van der Waals surface area contributed by atoms with Crippen molar-refractivity contribution in [3.63, 3.8) is 0 Å². The summed E-state index contributed by atoms with van der Waals surface area (Å²) in [6.45, 7) is 4.64. The molecule has 3 aromatic rings. The summed E-state index contributed by atoms with van der Waals surface area (Å²) in [7, 11) is 0. The van der Waals surface area contributed by atoms with Gasteiger partial charge in [-0.25, -0.2) is 0 Å². The highest BCUT2D eigenvalue weighted by Gasteiger charge is 2.19. The molecule has 1 aliphatic heterocycles. The van der Waals surface area contributed by atoms with Crippen molar-refractivity contribution in [2.24, 2.45) is 5.92 Å². The van der Waals surface area contributed by atoms with Gasteiger partial charge in [-0.1, -0.05) is 18.2 Å². The first kappa shape index (κ1) is 15.4. The smallest absolute Gasteiger partial charge is 0.0593 e. The highest BCUT2D eigenvalue weighted by molar-refractivity contribution is 5.79. The Kier molecular flexibility index (Phi) is 4.58. The number of H-pyrrole nitrogens is 1. The van der Waals surface area contributed by atoms with Gasteiger partial charge in [0.05, 0.1) is 13.2 Å². The third-order valence-electron chi connectivity index (χ3n) is 4.67. The number of fused-ring (bicyclic) bond motifs is 1. The summed E-state index contributed by atoms with van der Waals surface area (Å²) in [6.07, 6.45) is 4.85. The van der Waals surface area contributed by atoms with Crippen LogP contribution in [0.15, 0.2) is 54.9 Å². The predicted octanol–water partition coefficient (Wildman–Crippen LogP) is 3.25. The van der Waals surface area contributed by atoms with E-state index < -0.39 is 0 Å². The molecule has 24 heavy (non-hydrogen) atoms. The summed E-state index contributed by atoms with van der Waals surface area (Å²) < 4.78 is 5.83. The number of benzene rings is 1. The molecule has 0 radical (unpaired) electrons. The van der Waals surface area contributed by atoms with E-state index in [4.69, 9.17) is 4.74 Å². The van der Waals surface area contributed by atoms with Gasteiger partial charge in [0, 0.05) is 49.2 Å². The highest BCUT2D eigenvalue weighted by Crippen LogP contribution is 2.18. The number of hydrogen-bond acceptors (Lipinski definition) is 3. The lowest BCUT2D eigenvalue weighted by atomic mass is 10.0. The lowest BCUT2D eigenvalue weighted by Crippen LogP contribution is -2.30. The summed E-state index contributed by atoms with van der Waals surface area (Å²) >= 11 is 0. The van der Waals surface area contributed by atoms with E-state index in [9.17, 15) is 0 Å². The Hall–Kier alpha value is -2.17. The summed E-state index contributed by atoms with van der Waals surface area (Å²) in [5, 5.41) is 1.27. The zero-order valence-electron chi connectivity index (χ0n) is 13.8. The molecule has 2 aromatic heterocycles. The van der Waals surface area contributed by atoms with E-state index >= 15 is 0 Å². The van der Waals surface area contributed by atoms with E-state index in [0.29, 0.717) is 5.92 Å². The van der Waals surface area contributed by atoms with Crippen LogP contribution in [0.5, 0.6) is 0 Å². The number of pyridine rings is 1. The number of nitrogens with zero attached hydrogens (tertiary/aromatic N) is 2. The molecule has 0 aliphatic carbocycles. The van der Waals surface area contributed by atoms with Crippen molar-refractivity contribution in [3.05, 3.63) is 66.1 Å². The summed E-state index contributed by atoms with van der Waals surface area (Å²) in [5.41, 5.74) is 3.72. The van der Waals surface area contributed by atoms with Gasteiger partial charge < -0.3 is 9.72 Å². The van der Waals surface area contributed by atoms with Crippen LogP contribution in [-0.4, -0.2) is 41.2 Å². The van der Waals surface area contributed by atoms with Crippen LogP contribution in [0.3, 0.4) is 0 Å². The molecule has 3 heterocycles. The van der Waals surface area contributed by atoms with E-state index in [1.165, 1.54) is 16.5 Å². The van der Waals surface area contributed by atoms with Crippen molar-refractivity contribution in [1.29, 1.82) is 0 Å². The Balaban J connectivity index is 1.43. The fourth-order valence-electron chi connectivity index (χ4n) is 3.49. The van der Waals surface area contributed by atoms with Gasteiger partial charge in [0.25, 0.3) is 0 Å². The van der Waals surface area contributed by atoms with Crippen molar-refractivity contribution < 1.29 is 4.74 Å². The molecule has 1 aromatic carbocycles. The summed E-state index contributed by atoms with van der Waals surface area (Å²) in [4.78, 5) is 10.3. The molecule has 1 aliphatic rings. The van der Waals surface area contributed by atoms with Crippen LogP contribution in [0.25, 0.3) is 10.9 Å². The van der Waals surface area contributed by atoms with Crippen LogP contribution in [0.4, 0.5) is 0 Å². The van der Waals surface area contributed by atoms with Crippen molar-refractivity contribution in [2.75, 3.05) is 26.3 Å². The molecular formula is C20H23N3O. The number of rotatable bonds is 4. The second-order valence-electron chi connectivity index (χ2n) is 6.60. The maximum atomic E-state index is 5.83. The average Bonchev–Trinajstić information content (AvgIpc) is 2.96. The maximum Gasteiger partial charge on any atom is 0.0593 e. The van der Waals surface area contributed by atoms with Crippen molar-refractivity contribution in [1.82, 2.24) is 14.9 Å². The summed E-state index contributed by atoms with van der Waals surface area (Å²) in [5.74, 6) is 0.497. The normalized spacial score (nSPS) is 19.4. The van der Waals surface area contributed by atoms with Gasteiger partial charge in [-0.2, -0.15) is 0 Å². The first-order chi connectivity index (χ1) is 11.9. The summed E-state index contributed by atoms with van der Waals surface area (Å²) in [6, 6.07) is 14.9. The minimum absolute atomic E-state index is 0.497. The number of hydrogen-bond donors (Lipinski definition) is 1. The zero-order chi connectivity index (χ0) is 16.2. The molecular weight excluding hydrogens is 298 g/mol. The maximum absolute atomic E-state index is 5.83. The Morgan fingerprint density at radius 1 is 1.21 bits per heavy atom. The molecule has 0 amide bonds. The third-order valence-corrected chi connectivity index (χ3v) is 4.67. The zero-order valence-corrected chi connectivity index (χ0v) is 13.8. The monoisotopic (exact) mass is 321 g/mol. The molecule has 1 atom stereocenters. The van der Waals surface area contributed by atoms with E-state index in [1.807, 2.05) is 18.5 Å². The average molecular weight is 321 g/mol. The van der Waals surface area contributed by atoms with Crippen molar-refractivity contribution in [2.45, 2.75) is 13.0 Å². The molecule has 1 fully saturated rings. The third kappa shape index (κ3) is 3.66. The molecule has 124 valence electrons. The predicted molar refractivity (Wildman–Crippen MR) is 95.8 cm³/mol. The number of aromatic nitrogens is 2. The Bertz CT molecular complexity index is 784. The molecule has 4 rings (SSSR count). The van der Waals surface area contributed by atoms with Gasteiger partial charge in [-0.15, -0.1) is 0 Å². The highest BCUT2D eigenvalue weighted by atomic mass is 16.5. The number of nitrogens with one attached hydrogen (secondary N) is 1. The van der Waals surface area contributed by atoms with Gasteiger partial charge in [0.1, 0.15) is 0 Å². The van der Waals surface area contributed by atoms with E-state index in [0.717, 1.165) is 45.0 Å². The van der Waals surface area contributed by atoms with Crippen molar-refractivity contribution in [3.8, 4) is 0 Å². The quantitative estimate of drug-likeness (QED) is 0.802. The lowest BCUT2D eigenvalue weighted by molar-refractivity contribution is 0.121. The largest absolute Gasteiger partial charge is 0.380 e. The molecule has 4 nitrogen and oxygen atoms in total. The van der Waals surface area contributed by atoms with E-state index in [-0.39, 0.29) is 0 Å². The molecule has 4 heteroatoms. The van der Waals surface area contributed by atoms with Crippen LogP contribution >= 0.6 is 0 Å². The van der Waals surface area contributed by atoms with Crippen LogP contribution in [0, 0.1) is 5.92 Å². The molecule has 0 spiro atoms. The molecule has 0 bridgehead atoms. The standard InChI is InChI=1S/C20H23N3O/c1-2-7-21-19(3-1)11-17-14-23(9-10-24-15-17)13-16-4-5-18-6-8-22-20(18)12-16/h1-8,12,17,22H,9-11,13-15H2. The van der Waals surface area contributed by atoms with Crippen LogP contribution in [0.2, 0.25) is 0 Å². The van der Waals surface area contributed by atoms with Crippen LogP contribution in [0.1, 0.15) is 11.3 Å². The second kappa shape index (κ2) is 7.16. The Morgan fingerprint density at radius 3 is 3.12 bits per heavy atom. The van der Waals surface area contributed by atoms with E-state index in [1.54, 1.807) is 0 Å². The van der Waals surface area contributed by atoms with Crippen LogP contribution in [-0.2, 0) is 17.7 Å². The number of ether oxygens (including phenoxy) is 1. The Labute approximate surface area is 142 Å². The minimum atomic E-state index is 0.497. The molecule has 1 unspecified atom stereocenters. The van der Waals surface area contributed by atoms with E-state index in [2.05, 4.69) is 51.3 Å². The van der Waals surface area contributed by atoms with Gasteiger partial charge in [-0.3, -0.25) is 9.88 Å². The SMILES string of the molecule is c1ccc(CC2COCCN(Cc3ccc4cc[nH]c4c3)C2)nc1. The van der Waals surface area contributed by atoms with Crippen molar-refractivity contribution >= 4 is 10.9 Å².